The smallest absolute Gasteiger partial charge is 0.251 e. The molecular weight excluding hydrogens is 336 g/mol. The number of aryl methyl sites for hydroxylation is 4. The van der Waals surface area contributed by atoms with Crippen LogP contribution in [-0.2, 0) is 16.6 Å². The Labute approximate surface area is 149 Å². The lowest BCUT2D eigenvalue weighted by atomic mass is 10.00. The number of carbonyl (C=O) groups is 1. The first-order chi connectivity index (χ1) is 11.6. The molecule has 0 fully saturated rings. The molecule has 6 heteroatoms. The molecule has 0 saturated heterocycles. The van der Waals surface area contributed by atoms with Gasteiger partial charge in [0.05, 0.1) is 11.9 Å². The first-order valence-electron chi connectivity index (χ1n) is 8.00. The quantitative estimate of drug-likeness (QED) is 0.860. The number of sulfonamides is 1. The van der Waals surface area contributed by atoms with Crippen molar-refractivity contribution in [1.82, 2.24) is 5.32 Å². The number of anilines is 1. The Morgan fingerprint density at radius 2 is 1.56 bits per heavy atom. The molecule has 1 amide bonds. The van der Waals surface area contributed by atoms with Crippen LogP contribution in [0.15, 0.2) is 30.3 Å². The van der Waals surface area contributed by atoms with E-state index in [2.05, 4.69) is 22.2 Å². The van der Waals surface area contributed by atoms with E-state index in [4.69, 9.17) is 0 Å². The van der Waals surface area contributed by atoms with Crippen molar-refractivity contribution in [3.63, 3.8) is 0 Å². The van der Waals surface area contributed by atoms with Gasteiger partial charge in [0.15, 0.2) is 0 Å². The second kappa shape index (κ2) is 7.27. The lowest BCUT2D eigenvalue weighted by Crippen LogP contribution is -2.24. The zero-order valence-corrected chi connectivity index (χ0v) is 16.0. The summed E-state index contributed by atoms with van der Waals surface area (Å²) in [6, 6.07) is 9.15. The van der Waals surface area contributed by atoms with Gasteiger partial charge in [-0.3, -0.25) is 9.52 Å². The molecule has 0 aliphatic rings. The monoisotopic (exact) mass is 360 g/mol. The highest BCUT2D eigenvalue weighted by Gasteiger charge is 2.12. The molecule has 2 aromatic carbocycles. The average molecular weight is 360 g/mol. The van der Waals surface area contributed by atoms with Crippen molar-refractivity contribution in [2.24, 2.45) is 0 Å². The van der Waals surface area contributed by atoms with Gasteiger partial charge in [0.2, 0.25) is 10.0 Å². The van der Waals surface area contributed by atoms with E-state index in [1.807, 2.05) is 20.8 Å². The number of hydrogen-bond donors (Lipinski definition) is 2. The summed E-state index contributed by atoms with van der Waals surface area (Å²) in [4.78, 5) is 12.4. The van der Waals surface area contributed by atoms with E-state index in [1.54, 1.807) is 25.1 Å². The van der Waals surface area contributed by atoms with Gasteiger partial charge in [-0.25, -0.2) is 8.42 Å². The Bertz CT molecular complexity index is 895. The van der Waals surface area contributed by atoms with Crippen LogP contribution in [0.4, 0.5) is 5.69 Å². The van der Waals surface area contributed by atoms with Gasteiger partial charge in [0, 0.05) is 12.1 Å². The molecule has 0 aromatic heterocycles. The molecule has 0 unspecified atom stereocenters. The van der Waals surface area contributed by atoms with Crippen LogP contribution in [-0.4, -0.2) is 20.6 Å². The minimum Gasteiger partial charge on any atom is -0.348 e. The molecule has 0 aliphatic heterocycles. The van der Waals surface area contributed by atoms with E-state index < -0.39 is 10.0 Å². The van der Waals surface area contributed by atoms with Crippen LogP contribution < -0.4 is 10.0 Å². The fraction of sp³-hybridized carbons (Fsp3) is 0.316. The number of nitrogens with one attached hydrogen (secondary N) is 2. The number of carbonyl (C=O) groups excluding carboxylic acids is 1. The van der Waals surface area contributed by atoms with Crippen molar-refractivity contribution in [2.75, 3.05) is 11.0 Å². The van der Waals surface area contributed by atoms with Crippen LogP contribution in [0, 0.1) is 27.7 Å². The fourth-order valence-electron chi connectivity index (χ4n) is 2.83. The van der Waals surface area contributed by atoms with E-state index in [9.17, 15) is 13.2 Å². The molecule has 0 aliphatic carbocycles. The molecule has 5 nitrogen and oxygen atoms in total. The molecule has 0 saturated carbocycles. The summed E-state index contributed by atoms with van der Waals surface area (Å²) in [5, 5.41) is 2.91. The summed E-state index contributed by atoms with van der Waals surface area (Å²) in [5.74, 6) is -0.240. The van der Waals surface area contributed by atoms with E-state index in [0.29, 0.717) is 17.8 Å². The van der Waals surface area contributed by atoms with Gasteiger partial charge in [-0.2, -0.15) is 0 Å². The van der Waals surface area contributed by atoms with Crippen molar-refractivity contribution in [3.8, 4) is 0 Å². The molecule has 0 spiro atoms. The standard InChI is InChI=1S/C19H24N2O3S/c1-12-8-14(3)17(15(4)9-12)11-20-19(22)16-7-6-13(2)18(10-16)21-25(5,23)24/h6-10,21H,11H2,1-5H3,(H,20,22). The predicted molar refractivity (Wildman–Crippen MR) is 101 cm³/mol. The third kappa shape index (κ3) is 5.06. The van der Waals surface area contributed by atoms with Gasteiger partial charge in [0.1, 0.15) is 0 Å². The number of amides is 1. The second-order valence-electron chi connectivity index (χ2n) is 6.46. The first-order valence-corrected chi connectivity index (χ1v) is 9.89. The molecule has 2 rings (SSSR count). The van der Waals surface area contributed by atoms with Gasteiger partial charge >= 0.3 is 0 Å². The van der Waals surface area contributed by atoms with Crippen LogP contribution in [0.3, 0.4) is 0 Å². The summed E-state index contributed by atoms with van der Waals surface area (Å²) in [6.07, 6.45) is 1.09. The lowest BCUT2D eigenvalue weighted by Gasteiger charge is -2.13. The Morgan fingerprint density at radius 3 is 2.12 bits per heavy atom. The normalized spacial score (nSPS) is 11.2. The number of benzene rings is 2. The third-order valence-electron chi connectivity index (χ3n) is 4.06. The maximum absolute atomic E-state index is 12.4. The minimum absolute atomic E-state index is 0.240. The van der Waals surface area contributed by atoms with Gasteiger partial charge in [-0.15, -0.1) is 0 Å². The largest absolute Gasteiger partial charge is 0.348 e. The molecule has 0 bridgehead atoms. The number of hydrogen-bond acceptors (Lipinski definition) is 3. The van der Waals surface area contributed by atoms with Crippen molar-refractivity contribution in [1.29, 1.82) is 0 Å². The maximum Gasteiger partial charge on any atom is 0.251 e. The summed E-state index contributed by atoms with van der Waals surface area (Å²) in [5.41, 5.74) is 6.16. The highest BCUT2D eigenvalue weighted by Crippen LogP contribution is 2.19. The van der Waals surface area contributed by atoms with Crippen molar-refractivity contribution >= 4 is 21.6 Å². The molecule has 0 heterocycles. The van der Waals surface area contributed by atoms with Gasteiger partial charge in [-0.05, 0) is 62.1 Å². The zero-order valence-electron chi connectivity index (χ0n) is 15.2. The van der Waals surface area contributed by atoms with E-state index in [-0.39, 0.29) is 5.91 Å². The van der Waals surface area contributed by atoms with Gasteiger partial charge in [-0.1, -0.05) is 23.8 Å². The Hall–Kier alpha value is -2.34. The molecule has 0 radical (unpaired) electrons. The van der Waals surface area contributed by atoms with E-state index in [1.165, 1.54) is 5.56 Å². The second-order valence-corrected chi connectivity index (χ2v) is 8.21. The van der Waals surface area contributed by atoms with Crippen LogP contribution in [0.25, 0.3) is 0 Å². The van der Waals surface area contributed by atoms with Crippen molar-refractivity contribution in [3.05, 3.63) is 63.7 Å². The molecule has 25 heavy (non-hydrogen) atoms. The molecule has 2 N–H and O–H groups in total. The lowest BCUT2D eigenvalue weighted by molar-refractivity contribution is 0.0951. The van der Waals surface area contributed by atoms with Gasteiger partial charge < -0.3 is 5.32 Å². The molecule has 134 valence electrons. The summed E-state index contributed by atoms with van der Waals surface area (Å²) >= 11 is 0. The Balaban J connectivity index is 2.18. The Morgan fingerprint density at radius 1 is 0.960 bits per heavy atom. The highest BCUT2D eigenvalue weighted by atomic mass is 32.2. The maximum atomic E-state index is 12.4. The molecule has 0 atom stereocenters. The van der Waals surface area contributed by atoms with Gasteiger partial charge in [0.25, 0.3) is 5.91 Å². The zero-order chi connectivity index (χ0) is 18.8. The third-order valence-corrected chi connectivity index (χ3v) is 4.65. The van der Waals surface area contributed by atoms with Crippen molar-refractivity contribution < 1.29 is 13.2 Å². The molecule has 2 aromatic rings. The summed E-state index contributed by atoms with van der Waals surface area (Å²) < 4.78 is 25.3. The van der Waals surface area contributed by atoms with E-state index in [0.717, 1.165) is 28.5 Å². The number of rotatable bonds is 5. The van der Waals surface area contributed by atoms with Crippen LogP contribution in [0.5, 0.6) is 0 Å². The molecular formula is C19H24N2O3S. The first kappa shape index (κ1) is 19.0. The topological polar surface area (TPSA) is 75.3 Å². The van der Waals surface area contributed by atoms with Crippen molar-refractivity contribution in [2.45, 2.75) is 34.2 Å². The van der Waals surface area contributed by atoms with Crippen LogP contribution in [0.1, 0.15) is 38.2 Å². The SMILES string of the molecule is Cc1cc(C)c(CNC(=O)c2ccc(C)c(NS(C)(=O)=O)c2)c(C)c1. The predicted octanol–water partition coefficient (Wildman–Crippen LogP) is 3.22. The van der Waals surface area contributed by atoms with Crippen LogP contribution >= 0.6 is 0 Å². The Kier molecular flexibility index (Phi) is 5.52. The minimum atomic E-state index is -3.39. The summed E-state index contributed by atoms with van der Waals surface area (Å²) in [7, 11) is -3.39. The summed E-state index contributed by atoms with van der Waals surface area (Å²) in [6.45, 7) is 8.32. The highest BCUT2D eigenvalue weighted by molar-refractivity contribution is 7.92. The fourth-order valence-corrected chi connectivity index (χ4v) is 3.45. The van der Waals surface area contributed by atoms with E-state index >= 15 is 0 Å². The van der Waals surface area contributed by atoms with Crippen LogP contribution in [0.2, 0.25) is 0 Å². The average Bonchev–Trinajstić information content (AvgIpc) is 2.46.